The first-order chi connectivity index (χ1) is 8.99. The lowest BCUT2D eigenvalue weighted by atomic mass is 10.0. The number of nitrogens with one attached hydrogen (secondary N) is 3. The summed E-state index contributed by atoms with van der Waals surface area (Å²) in [6.07, 6.45) is 2.24. The lowest BCUT2D eigenvalue weighted by molar-refractivity contribution is -0.124. The number of carbonyl (C=O) groups excluding carboxylic acids is 1. The molecule has 6 heteroatoms. The van der Waals surface area contributed by atoms with Crippen LogP contribution in [-0.4, -0.2) is 42.3 Å². The Morgan fingerprint density at radius 3 is 2.68 bits per heavy atom. The minimum atomic E-state index is -1.15. The van der Waals surface area contributed by atoms with Crippen molar-refractivity contribution < 1.29 is 14.7 Å². The zero-order valence-corrected chi connectivity index (χ0v) is 11.7. The normalized spacial score (nSPS) is 21.5. The molecule has 1 aliphatic heterocycles. The van der Waals surface area contributed by atoms with Crippen LogP contribution in [0.25, 0.3) is 0 Å². The van der Waals surface area contributed by atoms with Crippen LogP contribution in [0.5, 0.6) is 0 Å². The maximum absolute atomic E-state index is 12.1. The van der Waals surface area contributed by atoms with Crippen LogP contribution >= 0.6 is 0 Å². The van der Waals surface area contributed by atoms with Gasteiger partial charge in [-0.15, -0.1) is 0 Å². The first-order valence-electron chi connectivity index (χ1n) is 6.99. The van der Waals surface area contributed by atoms with E-state index in [4.69, 9.17) is 5.11 Å². The Kier molecular flexibility index (Phi) is 6.62. The molecule has 0 bridgehead atoms. The third-order valence-electron chi connectivity index (χ3n) is 3.24. The van der Waals surface area contributed by atoms with Gasteiger partial charge in [-0.2, -0.15) is 0 Å². The molecule has 4 N–H and O–H groups in total. The fourth-order valence-corrected chi connectivity index (χ4v) is 2.32. The largest absolute Gasteiger partial charge is 0.465 e. The molecule has 6 nitrogen and oxygen atoms in total. The molecule has 110 valence electrons. The summed E-state index contributed by atoms with van der Waals surface area (Å²) in [7, 11) is 0. The first kappa shape index (κ1) is 15.8. The highest BCUT2D eigenvalue weighted by Gasteiger charge is 2.24. The second-order valence-corrected chi connectivity index (χ2v) is 5.52. The van der Waals surface area contributed by atoms with Crippen LogP contribution in [0.15, 0.2) is 0 Å². The van der Waals surface area contributed by atoms with Gasteiger partial charge in [0.05, 0.1) is 0 Å². The minimum Gasteiger partial charge on any atom is -0.465 e. The minimum absolute atomic E-state index is 0.146. The number of amides is 2. The highest BCUT2D eigenvalue weighted by molar-refractivity contribution is 5.85. The van der Waals surface area contributed by atoms with Crippen molar-refractivity contribution in [3.63, 3.8) is 0 Å². The summed E-state index contributed by atoms with van der Waals surface area (Å²) in [5.74, 6) is 0.0569. The molecule has 0 aromatic heterocycles. The number of carboxylic acid groups (broad SMARTS) is 1. The van der Waals surface area contributed by atoms with Crippen molar-refractivity contribution in [3.8, 4) is 0 Å². The number of rotatable bonds is 5. The smallest absolute Gasteiger partial charge is 0.405 e. The summed E-state index contributed by atoms with van der Waals surface area (Å²) < 4.78 is 0. The molecule has 1 rings (SSSR count). The lowest BCUT2D eigenvalue weighted by Gasteiger charge is -2.22. The molecule has 0 aromatic carbocycles. The summed E-state index contributed by atoms with van der Waals surface area (Å²) in [6, 6.07) is -0.513. The Morgan fingerprint density at radius 2 is 2.05 bits per heavy atom. The van der Waals surface area contributed by atoms with Gasteiger partial charge in [0, 0.05) is 6.04 Å². The summed E-state index contributed by atoms with van der Waals surface area (Å²) in [4.78, 5) is 22.9. The molecule has 0 aromatic rings. The quantitative estimate of drug-likeness (QED) is 0.598. The molecule has 1 fully saturated rings. The first-order valence-corrected chi connectivity index (χ1v) is 6.99. The van der Waals surface area contributed by atoms with E-state index in [2.05, 4.69) is 16.0 Å². The van der Waals surface area contributed by atoms with Crippen LogP contribution in [-0.2, 0) is 4.79 Å². The maximum Gasteiger partial charge on any atom is 0.405 e. The van der Waals surface area contributed by atoms with Gasteiger partial charge in [0.2, 0.25) is 5.91 Å². The van der Waals surface area contributed by atoms with Crippen molar-refractivity contribution in [2.24, 2.45) is 5.92 Å². The van der Waals surface area contributed by atoms with E-state index in [0.29, 0.717) is 6.42 Å². The van der Waals surface area contributed by atoms with E-state index in [9.17, 15) is 9.59 Å². The van der Waals surface area contributed by atoms with E-state index in [1.54, 1.807) is 0 Å². The van der Waals surface area contributed by atoms with Crippen LogP contribution in [0.3, 0.4) is 0 Å². The second kappa shape index (κ2) is 7.99. The van der Waals surface area contributed by atoms with E-state index < -0.39 is 12.1 Å². The fourth-order valence-electron chi connectivity index (χ4n) is 2.32. The van der Waals surface area contributed by atoms with Crippen LogP contribution in [0.4, 0.5) is 4.79 Å². The Bertz CT molecular complexity index is 300. The zero-order chi connectivity index (χ0) is 14.3. The van der Waals surface area contributed by atoms with Gasteiger partial charge in [0.25, 0.3) is 0 Å². The SMILES string of the molecule is CC(C)C[C@H](NC(=O)O)C(=O)NC1CCCNCC1. The van der Waals surface area contributed by atoms with Crippen LogP contribution in [0.1, 0.15) is 39.5 Å². The van der Waals surface area contributed by atoms with Crippen molar-refractivity contribution in [2.75, 3.05) is 13.1 Å². The van der Waals surface area contributed by atoms with Gasteiger partial charge >= 0.3 is 6.09 Å². The molecule has 0 spiro atoms. The van der Waals surface area contributed by atoms with Crippen molar-refractivity contribution in [1.29, 1.82) is 0 Å². The van der Waals surface area contributed by atoms with Gasteiger partial charge in [-0.05, 0) is 44.7 Å². The summed E-state index contributed by atoms with van der Waals surface area (Å²) >= 11 is 0. The number of carbonyl (C=O) groups is 2. The Morgan fingerprint density at radius 1 is 1.32 bits per heavy atom. The van der Waals surface area contributed by atoms with E-state index in [1.165, 1.54) is 0 Å². The Labute approximate surface area is 114 Å². The average molecular weight is 271 g/mol. The highest BCUT2D eigenvalue weighted by atomic mass is 16.4. The van der Waals surface area contributed by atoms with E-state index in [-0.39, 0.29) is 17.9 Å². The topological polar surface area (TPSA) is 90.5 Å². The summed E-state index contributed by atoms with van der Waals surface area (Å²) in [6.45, 7) is 5.82. The molecule has 19 heavy (non-hydrogen) atoms. The average Bonchev–Trinajstić information content (AvgIpc) is 2.55. The van der Waals surface area contributed by atoms with Gasteiger partial charge in [0.1, 0.15) is 6.04 Å². The highest BCUT2D eigenvalue weighted by Crippen LogP contribution is 2.08. The summed E-state index contributed by atoms with van der Waals surface area (Å²) in [5.41, 5.74) is 0. The van der Waals surface area contributed by atoms with E-state index >= 15 is 0 Å². The maximum atomic E-state index is 12.1. The lowest BCUT2D eigenvalue weighted by Crippen LogP contribution is -2.50. The molecule has 2 amide bonds. The van der Waals surface area contributed by atoms with Gasteiger partial charge in [-0.25, -0.2) is 4.79 Å². The van der Waals surface area contributed by atoms with Gasteiger partial charge in [-0.3, -0.25) is 4.79 Å². The van der Waals surface area contributed by atoms with Gasteiger partial charge in [0.15, 0.2) is 0 Å². The Balaban J connectivity index is 2.51. The molecule has 1 saturated heterocycles. The molecular weight excluding hydrogens is 246 g/mol. The van der Waals surface area contributed by atoms with Gasteiger partial charge in [-0.1, -0.05) is 13.8 Å². The van der Waals surface area contributed by atoms with Crippen molar-refractivity contribution >= 4 is 12.0 Å². The standard InChI is InChI=1S/C13H25N3O3/c1-9(2)8-11(16-13(18)19)12(17)15-10-4-3-6-14-7-5-10/h9-11,14,16H,3-8H2,1-2H3,(H,15,17)(H,18,19)/t10?,11-/m0/s1. The molecule has 1 heterocycles. The predicted molar refractivity (Wildman–Crippen MR) is 73.1 cm³/mol. The third kappa shape index (κ3) is 6.42. The van der Waals surface area contributed by atoms with Crippen LogP contribution in [0, 0.1) is 5.92 Å². The second-order valence-electron chi connectivity index (χ2n) is 5.52. The Hall–Kier alpha value is -1.30. The van der Waals surface area contributed by atoms with Gasteiger partial charge < -0.3 is 21.1 Å². The van der Waals surface area contributed by atoms with E-state index in [1.807, 2.05) is 13.8 Å². The molecule has 0 radical (unpaired) electrons. The molecule has 0 saturated carbocycles. The molecule has 1 aliphatic rings. The van der Waals surface area contributed by atoms with Crippen molar-refractivity contribution in [3.05, 3.63) is 0 Å². The fraction of sp³-hybridized carbons (Fsp3) is 0.846. The molecular formula is C13H25N3O3. The van der Waals surface area contributed by atoms with Crippen molar-refractivity contribution in [2.45, 2.75) is 51.6 Å². The predicted octanol–water partition coefficient (Wildman–Crippen LogP) is 0.927. The number of hydrogen-bond donors (Lipinski definition) is 4. The third-order valence-corrected chi connectivity index (χ3v) is 3.24. The van der Waals surface area contributed by atoms with Crippen LogP contribution < -0.4 is 16.0 Å². The number of hydrogen-bond acceptors (Lipinski definition) is 3. The monoisotopic (exact) mass is 271 g/mol. The van der Waals surface area contributed by atoms with Crippen LogP contribution in [0.2, 0.25) is 0 Å². The molecule has 0 aliphatic carbocycles. The zero-order valence-electron chi connectivity index (χ0n) is 11.7. The van der Waals surface area contributed by atoms with Crippen molar-refractivity contribution in [1.82, 2.24) is 16.0 Å². The molecule has 2 atom stereocenters. The molecule has 1 unspecified atom stereocenters. The summed E-state index contributed by atoms with van der Waals surface area (Å²) in [5, 5.41) is 17.3. The van der Waals surface area contributed by atoms with E-state index in [0.717, 1.165) is 32.4 Å².